The van der Waals surface area contributed by atoms with E-state index in [4.69, 9.17) is 5.11 Å². The highest BCUT2D eigenvalue weighted by atomic mass is 32.2. The van der Waals surface area contributed by atoms with Gasteiger partial charge >= 0.3 is 5.91 Å². The van der Waals surface area contributed by atoms with Crippen LogP contribution in [0.2, 0.25) is 0 Å². The van der Waals surface area contributed by atoms with E-state index in [2.05, 4.69) is 19.5 Å². The number of H-pyrrole nitrogens is 1. The van der Waals surface area contributed by atoms with Gasteiger partial charge in [0.05, 0.1) is 16.3 Å². The minimum absolute atomic E-state index is 0.109. The number of nitrogens with one attached hydrogen (secondary N) is 1. The molecule has 2 N–H and O–H groups in total. The van der Waals surface area contributed by atoms with Gasteiger partial charge in [-0.2, -0.15) is 4.36 Å². The number of aromatic nitrogens is 3. The molecule has 0 saturated heterocycles. The zero-order valence-electron chi connectivity index (χ0n) is 13.5. The van der Waals surface area contributed by atoms with E-state index >= 15 is 0 Å². The van der Waals surface area contributed by atoms with Crippen molar-refractivity contribution < 1.29 is 14.1 Å². The van der Waals surface area contributed by atoms with E-state index in [0.29, 0.717) is 16.3 Å². The molecule has 0 bridgehead atoms. The number of aliphatic hydroxyl groups is 1. The lowest BCUT2D eigenvalue weighted by Crippen LogP contribution is -2.13. The van der Waals surface area contributed by atoms with Gasteiger partial charge in [-0.25, -0.2) is 9.19 Å². The van der Waals surface area contributed by atoms with Gasteiger partial charge in [0.2, 0.25) is 5.82 Å². The molecule has 0 fully saturated rings. The molecule has 0 aliphatic heterocycles. The van der Waals surface area contributed by atoms with Crippen LogP contribution in [0.4, 0.5) is 0 Å². The van der Waals surface area contributed by atoms with Crippen molar-refractivity contribution in [1.82, 2.24) is 15.2 Å². The van der Waals surface area contributed by atoms with Crippen molar-refractivity contribution in [2.75, 3.05) is 6.26 Å². The number of aliphatic hydroxyl groups excluding tert-OH is 1. The molecule has 124 valence electrons. The second-order valence-electron chi connectivity index (χ2n) is 6.26. The van der Waals surface area contributed by atoms with E-state index in [1.165, 1.54) is 6.26 Å². The van der Waals surface area contributed by atoms with Crippen LogP contribution < -0.4 is 0 Å². The van der Waals surface area contributed by atoms with Crippen molar-refractivity contribution >= 4 is 15.6 Å². The van der Waals surface area contributed by atoms with Crippen LogP contribution in [0.3, 0.4) is 0 Å². The molecule has 1 amide bonds. The minimum Gasteiger partial charge on any atom is -0.392 e. The molecule has 0 spiro atoms. The maximum Gasteiger partial charge on any atom is 0.324 e. The largest absolute Gasteiger partial charge is 0.392 e. The lowest BCUT2D eigenvalue weighted by Gasteiger charge is -2.12. The van der Waals surface area contributed by atoms with E-state index in [9.17, 15) is 9.00 Å². The van der Waals surface area contributed by atoms with E-state index in [1.807, 2.05) is 20.8 Å². The normalized spacial score (nSPS) is 14.3. The summed E-state index contributed by atoms with van der Waals surface area (Å²) in [5.74, 6) is -0.289. The maximum absolute atomic E-state index is 12.7. The Morgan fingerprint density at radius 3 is 2.65 bits per heavy atom. The fourth-order valence-corrected chi connectivity index (χ4v) is 3.03. The third-order valence-electron chi connectivity index (χ3n) is 3.16. The van der Waals surface area contributed by atoms with Crippen LogP contribution in [0, 0.1) is 0 Å². The molecule has 2 rings (SSSR count). The van der Waals surface area contributed by atoms with Gasteiger partial charge in [-0.05, 0) is 17.7 Å². The van der Waals surface area contributed by atoms with Crippen LogP contribution in [-0.2, 0) is 21.8 Å². The smallest absolute Gasteiger partial charge is 0.324 e. The third-order valence-corrected chi connectivity index (χ3v) is 4.81. The van der Waals surface area contributed by atoms with Crippen molar-refractivity contribution in [3.63, 3.8) is 0 Å². The summed E-state index contributed by atoms with van der Waals surface area (Å²) < 4.78 is 16.5. The molecule has 23 heavy (non-hydrogen) atoms. The molecule has 1 aromatic carbocycles. The molecule has 7 nitrogen and oxygen atoms in total. The van der Waals surface area contributed by atoms with Crippen LogP contribution in [-0.4, -0.2) is 36.7 Å². The molecule has 0 aliphatic carbocycles. The lowest BCUT2D eigenvalue weighted by atomic mass is 9.96. The molecule has 1 atom stereocenters. The molecule has 8 heteroatoms. The van der Waals surface area contributed by atoms with Crippen LogP contribution in [0.5, 0.6) is 0 Å². The van der Waals surface area contributed by atoms with Gasteiger partial charge < -0.3 is 5.11 Å². The van der Waals surface area contributed by atoms with Crippen molar-refractivity contribution in [2.24, 2.45) is 4.36 Å². The van der Waals surface area contributed by atoms with Crippen molar-refractivity contribution in [1.29, 1.82) is 0 Å². The van der Waals surface area contributed by atoms with Gasteiger partial charge in [-0.3, -0.25) is 9.89 Å². The van der Waals surface area contributed by atoms with E-state index in [0.717, 1.165) is 0 Å². The topological polar surface area (TPSA) is 108 Å². The zero-order valence-corrected chi connectivity index (χ0v) is 14.3. The highest BCUT2D eigenvalue weighted by Gasteiger charge is 2.22. The van der Waals surface area contributed by atoms with Crippen molar-refractivity contribution in [3.8, 4) is 0 Å². The molecular weight excluding hydrogens is 316 g/mol. The van der Waals surface area contributed by atoms with Gasteiger partial charge in [0, 0.05) is 16.6 Å². The van der Waals surface area contributed by atoms with Crippen LogP contribution in [0.25, 0.3) is 0 Å². The summed E-state index contributed by atoms with van der Waals surface area (Å²) in [4.78, 5) is 16.7. The molecule has 0 saturated carbocycles. The van der Waals surface area contributed by atoms with E-state index < -0.39 is 15.6 Å². The lowest BCUT2D eigenvalue weighted by molar-refractivity contribution is 0.0995. The predicted octanol–water partition coefficient (Wildman–Crippen LogP) is 1.89. The highest BCUT2D eigenvalue weighted by molar-refractivity contribution is 7.93. The molecule has 2 aromatic rings. The number of carbonyl (C=O) groups excluding carboxylic acids is 1. The first-order chi connectivity index (χ1) is 10.6. The Hall–Kier alpha value is -2.06. The third kappa shape index (κ3) is 4.02. The minimum atomic E-state index is -2.95. The number of amides is 1. The fourth-order valence-electron chi connectivity index (χ4n) is 1.82. The SMILES string of the molecule is CC(C)(C)c1nc(C(=O)N=S(C)(=O)c2cccc(CO)c2)n[nH]1. The second-order valence-corrected chi connectivity index (χ2v) is 8.52. The molecule has 1 aromatic heterocycles. The Bertz CT molecular complexity index is 842. The van der Waals surface area contributed by atoms with E-state index in [-0.39, 0.29) is 17.8 Å². The van der Waals surface area contributed by atoms with Crippen LogP contribution in [0.1, 0.15) is 42.8 Å². The Labute approximate surface area is 135 Å². The molecule has 0 radical (unpaired) electrons. The summed E-state index contributed by atoms with van der Waals surface area (Å²) >= 11 is 0. The summed E-state index contributed by atoms with van der Waals surface area (Å²) in [7, 11) is -2.95. The Morgan fingerprint density at radius 1 is 1.39 bits per heavy atom. The number of aromatic amines is 1. The Morgan fingerprint density at radius 2 is 2.09 bits per heavy atom. The van der Waals surface area contributed by atoms with Gasteiger partial charge in [-0.1, -0.05) is 32.9 Å². The van der Waals surface area contributed by atoms with Gasteiger partial charge in [0.1, 0.15) is 5.82 Å². The fraction of sp³-hybridized carbons (Fsp3) is 0.400. The van der Waals surface area contributed by atoms with Gasteiger partial charge in [-0.15, -0.1) is 5.10 Å². The number of rotatable bonds is 3. The number of carbonyl (C=O) groups is 1. The summed E-state index contributed by atoms with van der Waals surface area (Å²) in [5.41, 5.74) is 0.321. The number of hydrogen-bond donors (Lipinski definition) is 2. The summed E-state index contributed by atoms with van der Waals surface area (Å²) in [6.07, 6.45) is 1.37. The summed E-state index contributed by atoms with van der Waals surface area (Å²) in [6, 6.07) is 6.54. The Kier molecular flexibility index (Phi) is 4.67. The van der Waals surface area contributed by atoms with Crippen LogP contribution in [0.15, 0.2) is 33.5 Å². The summed E-state index contributed by atoms with van der Waals surface area (Å²) in [5, 5.41) is 15.7. The molecule has 1 unspecified atom stereocenters. The molecule has 1 heterocycles. The first-order valence-electron chi connectivity index (χ1n) is 7.02. The Balaban J connectivity index is 2.37. The predicted molar refractivity (Wildman–Crippen MR) is 86.5 cm³/mol. The van der Waals surface area contributed by atoms with Gasteiger partial charge in [0.25, 0.3) is 0 Å². The first kappa shape index (κ1) is 17.3. The quantitative estimate of drug-likeness (QED) is 0.890. The van der Waals surface area contributed by atoms with E-state index in [1.54, 1.807) is 24.3 Å². The molecular formula is C15H20N4O3S. The van der Waals surface area contributed by atoms with Crippen molar-refractivity contribution in [3.05, 3.63) is 41.5 Å². The molecule has 0 aliphatic rings. The number of nitrogens with zero attached hydrogens (tertiary/aromatic N) is 3. The highest BCUT2D eigenvalue weighted by Crippen LogP contribution is 2.18. The average molecular weight is 336 g/mol. The zero-order chi connectivity index (χ0) is 17.3. The maximum atomic E-state index is 12.7. The number of hydrogen-bond acceptors (Lipinski definition) is 5. The first-order valence-corrected chi connectivity index (χ1v) is 8.95. The average Bonchev–Trinajstić information content (AvgIpc) is 2.97. The van der Waals surface area contributed by atoms with Crippen molar-refractivity contribution in [2.45, 2.75) is 37.7 Å². The second kappa shape index (κ2) is 6.21. The number of benzene rings is 1. The summed E-state index contributed by atoms with van der Waals surface area (Å²) in [6.45, 7) is 5.62. The van der Waals surface area contributed by atoms with Crippen LogP contribution >= 0.6 is 0 Å². The standard InChI is InChI=1S/C15H20N4O3S/c1-15(2,3)14-16-12(17-18-14)13(21)19-23(4,22)11-7-5-6-10(8-11)9-20/h5-8,20H,9H2,1-4H3,(H,16,17,18). The van der Waals surface area contributed by atoms with Gasteiger partial charge in [0.15, 0.2) is 0 Å². The monoisotopic (exact) mass is 336 g/mol.